The summed E-state index contributed by atoms with van der Waals surface area (Å²) in [5, 5.41) is 6.45. The summed E-state index contributed by atoms with van der Waals surface area (Å²) < 4.78 is 11.7. The van der Waals surface area contributed by atoms with E-state index in [0.29, 0.717) is 11.1 Å². The van der Waals surface area contributed by atoms with Gasteiger partial charge in [0.15, 0.2) is 0 Å². The van der Waals surface area contributed by atoms with E-state index in [1.165, 1.54) is 11.3 Å². The van der Waals surface area contributed by atoms with Gasteiger partial charge in [-0.15, -0.1) is 11.3 Å². The van der Waals surface area contributed by atoms with Gasteiger partial charge in [-0.25, -0.2) is 4.79 Å². The summed E-state index contributed by atoms with van der Waals surface area (Å²) in [4.78, 5) is 27.6. The molecule has 4 rings (SSSR count). The number of fused-ring (bicyclic) bond motifs is 3. The quantitative estimate of drug-likeness (QED) is 0.248. The van der Waals surface area contributed by atoms with Gasteiger partial charge in [0.2, 0.25) is 0 Å². The number of aryl methyl sites for hydroxylation is 1. The molecular weight excluding hydrogens is 472 g/mol. The van der Waals surface area contributed by atoms with Crippen LogP contribution in [0.3, 0.4) is 0 Å². The Morgan fingerprint density at radius 2 is 1.91 bits per heavy atom. The number of hydrogen-bond donors (Lipinski definition) is 2. The molecule has 2 aromatic heterocycles. The molecule has 34 heavy (non-hydrogen) atoms. The molecule has 0 bridgehead atoms. The Kier molecular flexibility index (Phi) is 6.60. The summed E-state index contributed by atoms with van der Waals surface area (Å²) in [7, 11) is 1.65. The summed E-state index contributed by atoms with van der Waals surface area (Å²) in [5.74, 6) is 0.735. The molecule has 4 aromatic rings. The highest BCUT2D eigenvalue weighted by atomic mass is 35.5. The minimum Gasteiger partial charge on any atom is -0.496 e. The first-order chi connectivity index (χ1) is 16.1. The van der Waals surface area contributed by atoms with E-state index in [2.05, 4.69) is 10.3 Å². The van der Waals surface area contributed by atoms with Gasteiger partial charge in [-0.05, 0) is 61.9 Å². The van der Waals surface area contributed by atoms with E-state index < -0.39 is 17.2 Å². The molecule has 0 aliphatic heterocycles. The molecule has 0 aliphatic rings. The zero-order chi connectivity index (χ0) is 24.6. The van der Waals surface area contributed by atoms with Gasteiger partial charge in [-0.3, -0.25) is 4.79 Å². The molecule has 0 radical (unpaired) electrons. The van der Waals surface area contributed by atoms with Crippen molar-refractivity contribution < 1.29 is 14.3 Å². The zero-order valence-electron chi connectivity index (χ0n) is 19.7. The van der Waals surface area contributed by atoms with Gasteiger partial charge in [0, 0.05) is 22.8 Å². The normalized spacial score (nSPS) is 12.6. The molecule has 0 saturated heterocycles. The fraction of sp³-hybridized carbons (Fsp3) is 0.308. The van der Waals surface area contributed by atoms with Crippen molar-refractivity contribution in [2.45, 2.75) is 45.2 Å². The van der Waals surface area contributed by atoms with Gasteiger partial charge in [-0.1, -0.05) is 35.9 Å². The van der Waals surface area contributed by atoms with E-state index in [0.717, 1.165) is 44.3 Å². The smallest absolute Gasteiger partial charge is 0.408 e. The molecule has 2 heterocycles. The summed E-state index contributed by atoms with van der Waals surface area (Å²) in [5.41, 5.74) is 3.30. The molecule has 1 atom stereocenters. The highest BCUT2D eigenvalue weighted by Crippen LogP contribution is 2.41. The number of alkyl halides is 1. The van der Waals surface area contributed by atoms with Crippen LogP contribution in [0.4, 0.5) is 4.79 Å². The monoisotopic (exact) mass is 498 g/mol. The minimum atomic E-state index is -0.606. The van der Waals surface area contributed by atoms with Crippen molar-refractivity contribution >= 4 is 50.0 Å². The van der Waals surface area contributed by atoms with Crippen molar-refractivity contribution in [1.29, 1.82) is 0 Å². The molecule has 1 amide bonds. The number of nitrogens with one attached hydrogen (secondary N) is 2. The number of hydrogen-bond acceptors (Lipinski definition) is 5. The molecule has 0 spiro atoms. The molecule has 178 valence electrons. The molecular formula is C26H27ClN2O4S. The second-order valence-corrected chi connectivity index (χ2v) is 10.6. The maximum absolute atomic E-state index is 12.6. The second kappa shape index (κ2) is 9.31. The number of rotatable bonds is 5. The van der Waals surface area contributed by atoms with Crippen LogP contribution in [0.2, 0.25) is 0 Å². The van der Waals surface area contributed by atoms with Crippen LogP contribution in [-0.2, 0) is 11.2 Å². The number of alkyl carbamates (subject to hydrolysis) is 1. The minimum absolute atomic E-state index is 0.0855. The zero-order valence-corrected chi connectivity index (χ0v) is 21.3. The van der Waals surface area contributed by atoms with Gasteiger partial charge >= 0.3 is 6.09 Å². The number of benzene rings is 2. The average Bonchev–Trinajstić information content (AvgIpc) is 3.24. The van der Waals surface area contributed by atoms with Gasteiger partial charge in [0.1, 0.15) is 21.6 Å². The number of aromatic amines is 1. The van der Waals surface area contributed by atoms with Crippen LogP contribution in [0, 0.1) is 6.92 Å². The van der Waals surface area contributed by atoms with Crippen molar-refractivity contribution in [2.75, 3.05) is 7.11 Å². The second-order valence-electron chi connectivity index (χ2n) is 9.15. The van der Waals surface area contributed by atoms with Crippen molar-refractivity contribution in [3.05, 3.63) is 63.3 Å². The Balaban J connectivity index is 1.69. The third kappa shape index (κ3) is 4.91. The highest BCUT2D eigenvalue weighted by Gasteiger charge is 2.20. The van der Waals surface area contributed by atoms with Crippen molar-refractivity contribution in [1.82, 2.24) is 10.3 Å². The van der Waals surface area contributed by atoms with Crippen LogP contribution in [-0.4, -0.2) is 29.3 Å². The van der Waals surface area contributed by atoms with E-state index in [4.69, 9.17) is 21.1 Å². The van der Waals surface area contributed by atoms with Gasteiger partial charge in [0.25, 0.3) is 5.56 Å². The molecule has 2 N–H and O–H groups in total. The number of ether oxygens (including phenoxy) is 2. The van der Waals surface area contributed by atoms with Gasteiger partial charge in [0.05, 0.1) is 12.6 Å². The van der Waals surface area contributed by atoms with Crippen LogP contribution >= 0.6 is 22.9 Å². The van der Waals surface area contributed by atoms with E-state index in [9.17, 15) is 9.59 Å². The van der Waals surface area contributed by atoms with Crippen LogP contribution in [0.1, 0.15) is 31.9 Å². The van der Waals surface area contributed by atoms with E-state index >= 15 is 0 Å². The van der Waals surface area contributed by atoms with Crippen LogP contribution < -0.4 is 15.6 Å². The first-order valence-corrected chi connectivity index (χ1v) is 12.2. The Labute approximate surface area is 206 Å². The molecule has 0 saturated carbocycles. The number of amides is 1. The summed E-state index contributed by atoms with van der Waals surface area (Å²) in [6.07, 6.45) is -0.108. The van der Waals surface area contributed by atoms with Crippen molar-refractivity contribution in [2.24, 2.45) is 0 Å². The molecule has 1 unspecified atom stereocenters. The Morgan fingerprint density at radius 1 is 1.21 bits per heavy atom. The summed E-state index contributed by atoms with van der Waals surface area (Å²) in [6, 6.07) is 11.9. The number of H-pyrrole nitrogens is 1. The predicted octanol–water partition coefficient (Wildman–Crippen LogP) is 6.36. The largest absolute Gasteiger partial charge is 0.496 e. The number of pyridine rings is 1. The lowest BCUT2D eigenvalue weighted by molar-refractivity contribution is 0.0521. The van der Waals surface area contributed by atoms with Gasteiger partial charge < -0.3 is 19.8 Å². The maximum atomic E-state index is 12.6. The molecule has 0 fully saturated rings. The lowest BCUT2D eigenvalue weighted by atomic mass is 9.94. The topological polar surface area (TPSA) is 80.4 Å². The number of thiophene rings is 1. The molecule has 2 aromatic carbocycles. The first-order valence-electron chi connectivity index (χ1n) is 10.9. The van der Waals surface area contributed by atoms with E-state index in [-0.39, 0.29) is 5.56 Å². The number of carbonyl (C=O) groups excluding carboxylic acids is 1. The average molecular weight is 499 g/mol. The number of methoxy groups -OCH3 is 1. The summed E-state index contributed by atoms with van der Waals surface area (Å²) >= 11 is 7.77. The van der Waals surface area contributed by atoms with Crippen molar-refractivity contribution in [3.8, 4) is 16.9 Å². The van der Waals surface area contributed by atoms with Crippen LogP contribution in [0.25, 0.3) is 32.1 Å². The third-order valence-corrected chi connectivity index (χ3v) is 6.60. The van der Waals surface area contributed by atoms with Crippen LogP contribution in [0.15, 0.2) is 46.6 Å². The van der Waals surface area contributed by atoms with Crippen molar-refractivity contribution in [3.63, 3.8) is 0 Å². The standard InChI is InChI=1S/C26H27ClN2O4S/c1-14-12-18(32-5)20(21-17-10-11-34-23(17)24(30)29-22(14)21)16-8-6-15(7-9-16)13-19(27)28-25(31)33-26(2,3)4/h6-12,19H,13H2,1-5H3,(H,28,31)(H,29,30). The van der Waals surface area contributed by atoms with Crippen LogP contribution in [0.5, 0.6) is 5.75 Å². The Hall–Kier alpha value is -3.03. The molecule has 8 heteroatoms. The third-order valence-electron chi connectivity index (χ3n) is 5.42. The summed E-state index contributed by atoms with van der Waals surface area (Å²) in [6.45, 7) is 7.37. The lowest BCUT2D eigenvalue weighted by Gasteiger charge is -2.21. The lowest BCUT2D eigenvalue weighted by Crippen LogP contribution is -2.37. The Bertz CT molecular complexity index is 1420. The first kappa shape index (κ1) is 24.1. The number of halogens is 1. The SMILES string of the molecule is COc1cc(C)c2[nH]c(=O)c3sccc3c2c1-c1ccc(CC(Cl)NC(=O)OC(C)(C)C)cc1. The van der Waals surface area contributed by atoms with E-state index in [1.54, 1.807) is 27.9 Å². The Morgan fingerprint density at radius 3 is 2.56 bits per heavy atom. The molecule has 6 nitrogen and oxygen atoms in total. The predicted molar refractivity (Wildman–Crippen MR) is 139 cm³/mol. The fourth-order valence-electron chi connectivity index (χ4n) is 4.02. The fourth-order valence-corrected chi connectivity index (χ4v) is 5.08. The highest BCUT2D eigenvalue weighted by molar-refractivity contribution is 7.17. The van der Waals surface area contributed by atoms with Gasteiger partial charge in [-0.2, -0.15) is 0 Å². The molecule has 0 aliphatic carbocycles. The van der Waals surface area contributed by atoms with E-state index in [1.807, 2.05) is 48.7 Å². The maximum Gasteiger partial charge on any atom is 0.408 e. The number of aromatic nitrogens is 1. The number of carbonyl (C=O) groups is 1.